The normalized spacial score (nSPS) is 14.8. The average molecular weight is 353 g/mol. The van der Waals surface area contributed by atoms with Gasteiger partial charge in [0.25, 0.3) is 0 Å². The Morgan fingerprint density at radius 1 is 0.923 bits per heavy atom. The molecule has 6 heteroatoms. The molecular formula is C20H19NO5. The van der Waals surface area contributed by atoms with Crippen LogP contribution in [0.5, 0.6) is 17.2 Å². The molecule has 0 amide bonds. The fraction of sp³-hybridized carbons (Fsp3) is 0.200. The molecule has 0 aromatic heterocycles. The Hall–Kier alpha value is -3.28. The van der Waals surface area contributed by atoms with Crippen LogP contribution in [0.2, 0.25) is 0 Å². The van der Waals surface area contributed by atoms with Crippen molar-refractivity contribution in [3.8, 4) is 17.2 Å². The van der Waals surface area contributed by atoms with Crippen LogP contribution < -0.4 is 14.2 Å². The number of benzene rings is 2. The number of carbonyl (C=O) groups excluding carboxylic acids is 1. The molecule has 0 saturated carbocycles. The third kappa shape index (κ3) is 3.39. The number of cyclic esters (lactones) is 1. The van der Waals surface area contributed by atoms with Crippen molar-refractivity contribution in [3.63, 3.8) is 0 Å². The predicted molar refractivity (Wildman–Crippen MR) is 97.9 cm³/mol. The van der Waals surface area contributed by atoms with E-state index in [0.29, 0.717) is 22.8 Å². The van der Waals surface area contributed by atoms with Crippen molar-refractivity contribution in [3.05, 3.63) is 58.8 Å². The summed E-state index contributed by atoms with van der Waals surface area (Å²) in [6.07, 6.45) is 1.60. The Kier molecular flexibility index (Phi) is 4.93. The van der Waals surface area contributed by atoms with Gasteiger partial charge in [-0.2, -0.15) is 0 Å². The van der Waals surface area contributed by atoms with E-state index in [9.17, 15) is 4.79 Å². The van der Waals surface area contributed by atoms with Gasteiger partial charge in [0, 0.05) is 17.2 Å². The van der Waals surface area contributed by atoms with Gasteiger partial charge in [-0.1, -0.05) is 17.7 Å². The Bertz CT molecular complexity index is 897. The lowest BCUT2D eigenvalue weighted by Crippen LogP contribution is -2.05. The second-order valence-corrected chi connectivity index (χ2v) is 5.65. The van der Waals surface area contributed by atoms with E-state index in [-0.39, 0.29) is 11.6 Å². The quantitative estimate of drug-likeness (QED) is 0.609. The van der Waals surface area contributed by atoms with Crippen LogP contribution in [0.3, 0.4) is 0 Å². The molecule has 0 N–H and O–H groups in total. The number of rotatable bonds is 5. The molecule has 0 aliphatic carbocycles. The average Bonchev–Trinajstić information content (AvgIpc) is 3.02. The van der Waals surface area contributed by atoms with E-state index >= 15 is 0 Å². The van der Waals surface area contributed by atoms with Crippen molar-refractivity contribution < 1.29 is 23.7 Å². The first kappa shape index (κ1) is 17.5. The number of ether oxygens (including phenoxy) is 4. The molecule has 2 aromatic carbocycles. The highest BCUT2D eigenvalue weighted by Gasteiger charge is 2.25. The number of hydrogen-bond donors (Lipinski definition) is 0. The Labute approximate surface area is 151 Å². The van der Waals surface area contributed by atoms with Gasteiger partial charge >= 0.3 is 5.97 Å². The molecule has 0 atom stereocenters. The summed E-state index contributed by atoms with van der Waals surface area (Å²) in [6, 6.07) is 11.0. The van der Waals surface area contributed by atoms with Gasteiger partial charge in [-0.15, -0.1) is 0 Å². The number of nitrogens with zero attached hydrogens (tertiary/aromatic N) is 1. The first-order chi connectivity index (χ1) is 12.5. The van der Waals surface area contributed by atoms with Gasteiger partial charge in [0.05, 0.1) is 21.3 Å². The summed E-state index contributed by atoms with van der Waals surface area (Å²) in [7, 11) is 4.62. The zero-order valence-corrected chi connectivity index (χ0v) is 15.0. The number of hydrogen-bond acceptors (Lipinski definition) is 6. The van der Waals surface area contributed by atoms with Crippen LogP contribution >= 0.6 is 0 Å². The zero-order valence-electron chi connectivity index (χ0n) is 15.0. The Morgan fingerprint density at radius 3 is 2.15 bits per heavy atom. The maximum absolute atomic E-state index is 12.2. The number of methoxy groups -OCH3 is 3. The molecule has 0 saturated heterocycles. The second kappa shape index (κ2) is 7.31. The molecule has 0 bridgehead atoms. The van der Waals surface area contributed by atoms with Gasteiger partial charge in [-0.05, 0) is 31.2 Å². The molecule has 0 unspecified atom stereocenters. The van der Waals surface area contributed by atoms with Crippen molar-refractivity contribution in [1.82, 2.24) is 0 Å². The summed E-state index contributed by atoms with van der Waals surface area (Å²) < 4.78 is 21.2. The van der Waals surface area contributed by atoms with Crippen LogP contribution in [-0.2, 0) is 9.53 Å². The maximum atomic E-state index is 12.2. The van der Waals surface area contributed by atoms with Crippen LogP contribution in [0, 0.1) is 6.92 Å². The van der Waals surface area contributed by atoms with Crippen LogP contribution in [0.1, 0.15) is 16.7 Å². The molecule has 0 radical (unpaired) electrons. The van der Waals surface area contributed by atoms with E-state index in [2.05, 4.69) is 4.99 Å². The van der Waals surface area contributed by atoms with Crippen molar-refractivity contribution in [2.24, 2.45) is 4.99 Å². The SMILES string of the molecule is COc1cc(OC)c(OC)cc1/C=C1/N=C(c2ccc(C)cc2)OC1=O. The van der Waals surface area contributed by atoms with Gasteiger partial charge in [0.1, 0.15) is 5.75 Å². The molecule has 6 nitrogen and oxygen atoms in total. The highest BCUT2D eigenvalue weighted by atomic mass is 16.6. The lowest BCUT2D eigenvalue weighted by molar-refractivity contribution is -0.129. The Balaban J connectivity index is 2.01. The maximum Gasteiger partial charge on any atom is 0.363 e. The molecule has 1 aliphatic heterocycles. The molecule has 3 rings (SSSR count). The summed E-state index contributed by atoms with van der Waals surface area (Å²) >= 11 is 0. The highest BCUT2D eigenvalue weighted by Crippen LogP contribution is 2.36. The van der Waals surface area contributed by atoms with Crippen LogP contribution in [0.15, 0.2) is 47.1 Å². The Morgan fingerprint density at radius 2 is 1.54 bits per heavy atom. The molecule has 26 heavy (non-hydrogen) atoms. The summed E-state index contributed by atoms with van der Waals surface area (Å²) in [5, 5.41) is 0. The van der Waals surface area contributed by atoms with Crippen molar-refractivity contribution in [2.75, 3.05) is 21.3 Å². The van der Waals surface area contributed by atoms with E-state index in [1.54, 1.807) is 32.4 Å². The fourth-order valence-corrected chi connectivity index (χ4v) is 2.54. The highest BCUT2D eigenvalue weighted by molar-refractivity contribution is 6.13. The molecular weight excluding hydrogens is 334 g/mol. The molecule has 134 valence electrons. The van der Waals surface area contributed by atoms with E-state index < -0.39 is 5.97 Å². The lowest BCUT2D eigenvalue weighted by atomic mass is 10.1. The standard InChI is InChI=1S/C20H19NO5/c1-12-5-7-13(8-6-12)19-21-15(20(22)26-19)9-14-10-17(24-3)18(25-4)11-16(14)23-2/h5-11H,1-4H3/b15-9+. The van der Waals surface area contributed by atoms with Crippen LogP contribution in [0.4, 0.5) is 0 Å². The first-order valence-corrected chi connectivity index (χ1v) is 7.95. The van der Waals surface area contributed by atoms with Gasteiger partial charge in [-0.25, -0.2) is 9.79 Å². The van der Waals surface area contributed by atoms with Crippen molar-refractivity contribution >= 4 is 17.9 Å². The third-order valence-electron chi connectivity index (χ3n) is 3.95. The fourth-order valence-electron chi connectivity index (χ4n) is 2.54. The second-order valence-electron chi connectivity index (χ2n) is 5.65. The van der Waals surface area contributed by atoms with E-state index in [0.717, 1.165) is 11.1 Å². The van der Waals surface area contributed by atoms with E-state index in [1.165, 1.54) is 7.11 Å². The monoisotopic (exact) mass is 353 g/mol. The summed E-state index contributed by atoms with van der Waals surface area (Å²) in [5.41, 5.74) is 2.67. The van der Waals surface area contributed by atoms with E-state index in [4.69, 9.17) is 18.9 Å². The van der Waals surface area contributed by atoms with Gasteiger partial charge in [-0.3, -0.25) is 0 Å². The topological polar surface area (TPSA) is 66.3 Å². The molecule has 0 fully saturated rings. The summed E-state index contributed by atoms with van der Waals surface area (Å²) in [4.78, 5) is 16.5. The smallest absolute Gasteiger partial charge is 0.363 e. The molecule has 0 spiro atoms. The molecule has 2 aromatic rings. The zero-order chi connectivity index (χ0) is 18.7. The molecule has 1 heterocycles. The number of carbonyl (C=O) groups is 1. The van der Waals surface area contributed by atoms with Gasteiger partial charge in [0.15, 0.2) is 17.2 Å². The minimum atomic E-state index is -0.516. The number of esters is 1. The minimum Gasteiger partial charge on any atom is -0.496 e. The van der Waals surface area contributed by atoms with Gasteiger partial charge < -0.3 is 18.9 Å². The number of aryl methyl sites for hydroxylation is 1. The third-order valence-corrected chi connectivity index (χ3v) is 3.95. The van der Waals surface area contributed by atoms with Gasteiger partial charge in [0.2, 0.25) is 5.90 Å². The number of aliphatic imine (C=N–C) groups is 1. The largest absolute Gasteiger partial charge is 0.496 e. The van der Waals surface area contributed by atoms with Crippen LogP contribution in [-0.4, -0.2) is 33.2 Å². The van der Waals surface area contributed by atoms with E-state index in [1.807, 2.05) is 31.2 Å². The lowest BCUT2D eigenvalue weighted by Gasteiger charge is -2.12. The van der Waals surface area contributed by atoms with Crippen LogP contribution in [0.25, 0.3) is 6.08 Å². The van der Waals surface area contributed by atoms with Crippen molar-refractivity contribution in [1.29, 1.82) is 0 Å². The summed E-state index contributed by atoms with van der Waals surface area (Å²) in [5.74, 6) is 1.35. The minimum absolute atomic E-state index is 0.186. The predicted octanol–water partition coefficient (Wildman–Crippen LogP) is 3.37. The summed E-state index contributed by atoms with van der Waals surface area (Å²) in [6.45, 7) is 1.99. The first-order valence-electron chi connectivity index (χ1n) is 7.95. The van der Waals surface area contributed by atoms with Crippen molar-refractivity contribution in [2.45, 2.75) is 6.92 Å². The molecule has 1 aliphatic rings.